The average molecular weight is 443 g/mol. The number of anilines is 1. The Kier molecular flexibility index (Phi) is 9.89. The van der Waals surface area contributed by atoms with Crippen molar-refractivity contribution in [1.29, 1.82) is 0 Å². The number of hydrogen-bond donors (Lipinski definition) is 4. The summed E-state index contributed by atoms with van der Waals surface area (Å²) in [6.45, 7) is 2.35. The van der Waals surface area contributed by atoms with Crippen LogP contribution in [0.4, 0.5) is 5.69 Å². The quantitative estimate of drug-likeness (QED) is 0.144. The largest absolute Gasteiger partial charge is 0.466 e. The fraction of sp³-hybridized carbons (Fsp3) is 0.286. The monoisotopic (exact) mass is 442 g/mol. The maximum Gasteiger partial charge on any atom is 0.308 e. The number of pyridine rings is 1. The first kappa shape index (κ1) is 23.7. The van der Waals surface area contributed by atoms with Gasteiger partial charge < -0.3 is 26.5 Å². The van der Waals surface area contributed by atoms with E-state index in [-0.39, 0.29) is 31.3 Å². The van der Waals surface area contributed by atoms with Gasteiger partial charge in [-0.25, -0.2) is 0 Å². The van der Waals surface area contributed by atoms with Gasteiger partial charge in [0.2, 0.25) is 5.91 Å². The molecule has 0 fully saturated rings. The van der Waals surface area contributed by atoms with Gasteiger partial charge in [-0.15, -0.1) is 0 Å². The molecule has 2 rings (SSSR count). The van der Waals surface area contributed by atoms with Gasteiger partial charge >= 0.3 is 5.97 Å². The van der Waals surface area contributed by atoms with Gasteiger partial charge in [0.15, 0.2) is 5.11 Å². The van der Waals surface area contributed by atoms with E-state index in [0.717, 1.165) is 16.8 Å². The Labute approximate surface area is 186 Å². The predicted molar refractivity (Wildman–Crippen MR) is 123 cm³/mol. The summed E-state index contributed by atoms with van der Waals surface area (Å²) in [5.41, 5.74) is 2.40. The summed E-state index contributed by atoms with van der Waals surface area (Å²) in [4.78, 5) is 28.3. The number of carbonyl (C=O) groups is 2. The molecule has 164 valence electrons. The molecule has 1 aromatic carbocycles. The van der Waals surface area contributed by atoms with E-state index >= 15 is 0 Å². The highest BCUT2D eigenvalue weighted by atomic mass is 32.1. The first-order chi connectivity index (χ1) is 15.0. The SMILES string of the molecule is CCOC(=O)CC(NC(=O)CCNC(=S)Nc1ccc(C=NN)cc1)c1cccnc1. The fourth-order valence-electron chi connectivity index (χ4n) is 2.69. The molecule has 10 heteroatoms. The van der Waals surface area contributed by atoms with E-state index in [9.17, 15) is 9.59 Å². The number of thiocarbonyl (C=S) groups is 1. The molecule has 1 atom stereocenters. The van der Waals surface area contributed by atoms with Crippen LogP contribution in [-0.2, 0) is 14.3 Å². The van der Waals surface area contributed by atoms with E-state index in [4.69, 9.17) is 22.8 Å². The Bertz CT molecular complexity index is 890. The Hall–Kier alpha value is -3.53. The van der Waals surface area contributed by atoms with Crippen molar-refractivity contribution in [3.05, 3.63) is 59.9 Å². The second-order valence-corrected chi connectivity index (χ2v) is 6.85. The molecule has 0 aliphatic rings. The van der Waals surface area contributed by atoms with Crippen LogP contribution >= 0.6 is 12.2 Å². The smallest absolute Gasteiger partial charge is 0.308 e. The molecule has 0 aliphatic carbocycles. The number of nitrogens with zero attached hydrogens (tertiary/aromatic N) is 2. The maximum atomic E-state index is 12.4. The Morgan fingerprint density at radius 2 is 2.06 bits per heavy atom. The number of nitrogens with two attached hydrogens (primary N) is 1. The number of aromatic nitrogens is 1. The van der Waals surface area contributed by atoms with Crippen LogP contribution in [0.15, 0.2) is 53.9 Å². The molecule has 31 heavy (non-hydrogen) atoms. The third-order valence-electron chi connectivity index (χ3n) is 4.13. The van der Waals surface area contributed by atoms with E-state index < -0.39 is 6.04 Å². The van der Waals surface area contributed by atoms with Crippen molar-refractivity contribution in [2.45, 2.75) is 25.8 Å². The van der Waals surface area contributed by atoms with Crippen molar-refractivity contribution >= 4 is 41.1 Å². The van der Waals surface area contributed by atoms with Crippen LogP contribution in [0.1, 0.15) is 36.9 Å². The molecule has 0 spiro atoms. The lowest BCUT2D eigenvalue weighted by Crippen LogP contribution is -2.35. The van der Waals surface area contributed by atoms with Gasteiger partial charge in [-0.1, -0.05) is 18.2 Å². The Morgan fingerprint density at radius 1 is 1.29 bits per heavy atom. The van der Waals surface area contributed by atoms with Crippen LogP contribution < -0.4 is 21.8 Å². The first-order valence-electron chi connectivity index (χ1n) is 9.75. The van der Waals surface area contributed by atoms with Crippen LogP contribution in [0.3, 0.4) is 0 Å². The van der Waals surface area contributed by atoms with Crippen LogP contribution in [0, 0.1) is 0 Å². The summed E-state index contributed by atoms with van der Waals surface area (Å²) in [5, 5.41) is 12.7. The lowest BCUT2D eigenvalue weighted by molar-refractivity contribution is -0.143. The van der Waals surface area contributed by atoms with Gasteiger partial charge in [0.1, 0.15) is 0 Å². The number of hydrogen-bond acceptors (Lipinski definition) is 7. The number of benzene rings is 1. The molecule has 1 unspecified atom stereocenters. The zero-order valence-corrected chi connectivity index (χ0v) is 18.0. The molecule has 2 aromatic rings. The number of hydrazone groups is 1. The van der Waals surface area contributed by atoms with E-state index in [2.05, 4.69) is 26.0 Å². The second-order valence-electron chi connectivity index (χ2n) is 6.45. The Morgan fingerprint density at radius 3 is 2.71 bits per heavy atom. The number of nitrogens with one attached hydrogen (secondary N) is 3. The average Bonchev–Trinajstić information content (AvgIpc) is 2.75. The first-order valence-corrected chi connectivity index (χ1v) is 10.2. The molecule has 0 radical (unpaired) electrons. The predicted octanol–water partition coefficient (Wildman–Crippen LogP) is 1.86. The minimum atomic E-state index is -0.513. The van der Waals surface area contributed by atoms with Crippen molar-refractivity contribution < 1.29 is 14.3 Å². The third-order valence-corrected chi connectivity index (χ3v) is 4.37. The number of amides is 1. The normalized spacial score (nSPS) is 11.5. The molecule has 0 bridgehead atoms. The van der Waals surface area contributed by atoms with Gasteiger partial charge in [0.05, 0.1) is 25.3 Å². The van der Waals surface area contributed by atoms with Crippen LogP contribution in [0.5, 0.6) is 0 Å². The summed E-state index contributed by atoms with van der Waals surface area (Å²) in [7, 11) is 0. The van der Waals surface area contributed by atoms with Crippen LogP contribution in [0.25, 0.3) is 0 Å². The highest BCUT2D eigenvalue weighted by Crippen LogP contribution is 2.16. The number of ether oxygens (including phenoxy) is 1. The molecule has 0 saturated heterocycles. The summed E-state index contributed by atoms with van der Waals surface area (Å²) >= 11 is 5.25. The zero-order chi connectivity index (χ0) is 22.5. The van der Waals surface area contributed by atoms with E-state index in [1.807, 2.05) is 24.3 Å². The molecule has 1 amide bonds. The zero-order valence-electron chi connectivity index (χ0n) is 17.2. The van der Waals surface area contributed by atoms with Crippen molar-refractivity contribution in [2.75, 3.05) is 18.5 Å². The summed E-state index contributed by atoms with van der Waals surface area (Å²) in [6.07, 6.45) is 4.99. The number of carbonyl (C=O) groups excluding carboxylic acids is 2. The van der Waals surface area contributed by atoms with E-state index in [1.54, 1.807) is 37.7 Å². The topological polar surface area (TPSA) is 131 Å². The molecule has 0 aliphatic heterocycles. The lowest BCUT2D eigenvalue weighted by atomic mass is 10.1. The van der Waals surface area contributed by atoms with Crippen molar-refractivity contribution in [1.82, 2.24) is 15.6 Å². The minimum Gasteiger partial charge on any atom is -0.466 e. The molecule has 9 nitrogen and oxygen atoms in total. The van der Waals surface area contributed by atoms with Gasteiger partial charge in [-0.3, -0.25) is 14.6 Å². The van der Waals surface area contributed by atoms with Crippen LogP contribution in [-0.4, -0.2) is 41.3 Å². The summed E-state index contributed by atoms with van der Waals surface area (Å²) in [5.74, 6) is 4.51. The van der Waals surface area contributed by atoms with Gasteiger partial charge in [-0.2, -0.15) is 5.10 Å². The molecule has 1 heterocycles. The minimum absolute atomic E-state index is 0.0313. The molecule has 1 aromatic heterocycles. The van der Waals surface area contributed by atoms with Crippen molar-refractivity contribution in [2.24, 2.45) is 10.9 Å². The lowest BCUT2D eigenvalue weighted by Gasteiger charge is -2.18. The molecule has 0 saturated carbocycles. The highest BCUT2D eigenvalue weighted by molar-refractivity contribution is 7.80. The van der Waals surface area contributed by atoms with Crippen molar-refractivity contribution in [3.63, 3.8) is 0 Å². The van der Waals surface area contributed by atoms with E-state index in [1.165, 1.54) is 0 Å². The van der Waals surface area contributed by atoms with Gasteiger partial charge in [0, 0.05) is 31.0 Å². The number of esters is 1. The van der Waals surface area contributed by atoms with Gasteiger partial charge in [-0.05, 0) is 48.5 Å². The fourth-order valence-corrected chi connectivity index (χ4v) is 2.91. The summed E-state index contributed by atoms with van der Waals surface area (Å²) < 4.78 is 5.00. The Balaban J connectivity index is 1.81. The van der Waals surface area contributed by atoms with Gasteiger partial charge in [0.25, 0.3) is 0 Å². The van der Waals surface area contributed by atoms with Crippen LogP contribution in [0.2, 0.25) is 0 Å². The molecule has 5 N–H and O–H groups in total. The molecular formula is C21H26N6O3S. The highest BCUT2D eigenvalue weighted by Gasteiger charge is 2.19. The maximum absolute atomic E-state index is 12.4. The molecular weight excluding hydrogens is 416 g/mol. The standard InChI is InChI=1S/C21H26N6O3S/c1-2-30-20(29)12-18(16-4-3-10-23-14-16)27-19(28)9-11-24-21(31)26-17-7-5-15(6-8-17)13-25-22/h3-8,10,13-14,18H,2,9,11-12,22H2,1H3,(H,27,28)(H2,24,26,31). The third kappa shape index (κ3) is 8.79. The number of rotatable bonds is 10. The summed E-state index contributed by atoms with van der Waals surface area (Å²) in [6, 6.07) is 10.4. The second kappa shape index (κ2) is 12.9. The van der Waals surface area contributed by atoms with E-state index in [0.29, 0.717) is 11.7 Å². The van der Waals surface area contributed by atoms with Crippen molar-refractivity contribution in [3.8, 4) is 0 Å².